The number of rotatable bonds is 2. The second-order valence-corrected chi connectivity index (χ2v) is 5.10. The lowest BCUT2D eigenvalue weighted by molar-refractivity contribution is -0.0165. The topological polar surface area (TPSA) is 29.3 Å². The highest BCUT2D eigenvalue weighted by molar-refractivity contribution is 5.01. The summed E-state index contributed by atoms with van der Waals surface area (Å²) in [4.78, 5) is 2.73. The van der Waals surface area contributed by atoms with E-state index in [0.29, 0.717) is 0 Å². The van der Waals surface area contributed by atoms with Gasteiger partial charge in [-0.25, -0.2) is 0 Å². The Morgan fingerprint density at radius 2 is 1.69 bits per heavy atom. The maximum atomic E-state index is 5.92. The molecule has 2 nitrogen and oxygen atoms in total. The lowest BCUT2D eigenvalue weighted by Gasteiger charge is -2.51. The molecular weight excluding hydrogens is 160 g/mol. The normalized spacial score (nSPS) is 49.6. The smallest absolute Gasteiger partial charge is 0.0166 e. The molecule has 4 rings (SSSR count). The molecule has 0 aromatic carbocycles. The van der Waals surface area contributed by atoms with E-state index in [1.54, 1.807) is 0 Å². The van der Waals surface area contributed by atoms with E-state index in [1.165, 1.54) is 38.8 Å². The predicted octanol–water partition coefficient (Wildman–Crippen LogP) is 1.07. The van der Waals surface area contributed by atoms with Crippen molar-refractivity contribution in [1.29, 1.82) is 0 Å². The van der Waals surface area contributed by atoms with E-state index in [9.17, 15) is 0 Å². The van der Waals surface area contributed by atoms with Gasteiger partial charge in [0.25, 0.3) is 0 Å². The molecule has 74 valence electrons. The minimum absolute atomic E-state index is 0.843. The van der Waals surface area contributed by atoms with E-state index < -0.39 is 0 Å². The van der Waals surface area contributed by atoms with Crippen LogP contribution in [0.2, 0.25) is 0 Å². The summed E-state index contributed by atoms with van der Waals surface area (Å²) < 4.78 is 0. The van der Waals surface area contributed by atoms with Crippen molar-refractivity contribution in [3.05, 3.63) is 0 Å². The Morgan fingerprint density at radius 1 is 1.00 bits per heavy atom. The zero-order chi connectivity index (χ0) is 8.84. The van der Waals surface area contributed by atoms with Crippen LogP contribution in [0, 0.1) is 17.8 Å². The minimum Gasteiger partial charge on any atom is -0.330 e. The fourth-order valence-corrected chi connectivity index (χ4v) is 3.61. The third-order valence-corrected chi connectivity index (χ3v) is 4.42. The maximum absolute atomic E-state index is 5.92. The van der Waals surface area contributed by atoms with E-state index in [-0.39, 0.29) is 0 Å². The average molecular weight is 180 g/mol. The van der Waals surface area contributed by atoms with E-state index in [1.807, 2.05) is 0 Å². The van der Waals surface area contributed by atoms with Crippen molar-refractivity contribution in [2.24, 2.45) is 23.5 Å². The predicted molar refractivity (Wildman–Crippen MR) is 53.4 cm³/mol. The number of hydrogen-bond donors (Lipinski definition) is 1. The van der Waals surface area contributed by atoms with Crippen molar-refractivity contribution in [2.45, 2.75) is 31.7 Å². The molecule has 2 heteroatoms. The molecule has 0 spiro atoms. The highest BCUT2D eigenvalue weighted by atomic mass is 15.2. The van der Waals surface area contributed by atoms with Crippen molar-refractivity contribution in [2.75, 3.05) is 19.6 Å². The highest BCUT2D eigenvalue weighted by Gasteiger charge is 2.47. The highest BCUT2D eigenvalue weighted by Crippen LogP contribution is 2.47. The third-order valence-electron chi connectivity index (χ3n) is 4.42. The van der Waals surface area contributed by atoms with Crippen molar-refractivity contribution >= 4 is 0 Å². The Bertz CT molecular complexity index is 192. The van der Waals surface area contributed by atoms with Crippen LogP contribution in [0.4, 0.5) is 0 Å². The maximum Gasteiger partial charge on any atom is 0.0166 e. The van der Waals surface area contributed by atoms with Gasteiger partial charge in [0.15, 0.2) is 0 Å². The second-order valence-electron chi connectivity index (χ2n) is 5.10. The monoisotopic (exact) mass is 180 g/mol. The molecule has 3 heterocycles. The average Bonchev–Trinajstić information content (AvgIpc) is 3.01. The van der Waals surface area contributed by atoms with Crippen LogP contribution >= 0.6 is 0 Å². The molecule has 0 aromatic rings. The largest absolute Gasteiger partial charge is 0.330 e. The fourth-order valence-electron chi connectivity index (χ4n) is 3.61. The zero-order valence-corrected chi connectivity index (χ0v) is 8.28. The number of fused-ring (bicyclic) bond motifs is 3. The van der Waals surface area contributed by atoms with Gasteiger partial charge in [-0.2, -0.15) is 0 Å². The van der Waals surface area contributed by atoms with Crippen LogP contribution in [0.3, 0.4) is 0 Å². The molecule has 2 unspecified atom stereocenters. The molecular formula is C11H20N2. The van der Waals surface area contributed by atoms with Crippen LogP contribution in [-0.2, 0) is 0 Å². The van der Waals surface area contributed by atoms with E-state index in [2.05, 4.69) is 4.90 Å². The van der Waals surface area contributed by atoms with Crippen molar-refractivity contribution in [3.8, 4) is 0 Å². The second kappa shape index (κ2) is 2.96. The summed E-state index contributed by atoms with van der Waals surface area (Å²) in [7, 11) is 0. The first kappa shape index (κ1) is 8.25. The summed E-state index contributed by atoms with van der Waals surface area (Å²) >= 11 is 0. The molecule has 0 radical (unpaired) electrons. The van der Waals surface area contributed by atoms with Crippen LogP contribution in [0.1, 0.15) is 25.7 Å². The summed E-state index contributed by atoms with van der Waals surface area (Å²) in [6.45, 7) is 3.66. The van der Waals surface area contributed by atoms with E-state index in [4.69, 9.17) is 5.73 Å². The summed E-state index contributed by atoms with van der Waals surface area (Å²) in [6.07, 6.45) is 5.80. The molecule has 0 amide bonds. The van der Waals surface area contributed by atoms with Crippen LogP contribution in [0.25, 0.3) is 0 Å². The number of nitrogens with two attached hydrogens (primary N) is 1. The Morgan fingerprint density at radius 3 is 2.23 bits per heavy atom. The van der Waals surface area contributed by atoms with Crippen LogP contribution in [0.15, 0.2) is 0 Å². The molecule has 2 atom stereocenters. The van der Waals surface area contributed by atoms with Crippen molar-refractivity contribution in [3.63, 3.8) is 0 Å². The van der Waals surface area contributed by atoms with E-state index in [0.717, 1.165) is 30.3 Å². The molecule has 4 aliphatic rings. The van der Waals surface area contributed by atoms with Gasteiger partial charge in [0.2, 0.25) is 0 Å². The molecule has 1 aliphatic carbocycles. The molecule has 3 saturated heterocycles. The molecule has 0 aromatic heterocycles. The molecule has 4 fully saturated rings. The summed E-state index contributed by atoms with van der Waals surface area (Å²) in [5.74, 6) is 2.84. The molecule has 2 bridgehead atoms. The number of nitrogens with zero attached hydrogens (tertiary/aromatic N) is 1. The molecule has 2 N–H and O–H groups in total. The quantitative estimate of drug-likeness (QED) is 0.688. The number of hydrogen-bond acceptors (Lipinski definition) is 2. The summed E-state index contributed by atoms with van der Waals surface area (Å²) in [6, 6.07) is 0.887. The van der Waals surface area contributed by atoms with Gasteiger partial charge in [0.05, 0.1) is 0 Å². The van der Waals surface area contributed by atoms with Gasteiger partial charge in [-0.15, -0.1) is 0 Å². The summed E-state index contributed by atoms with van der Waals surface area (Å²) in [5, 5.41) is 0. The lowest BCUT2D eigenvalue weighted by Crippen LogP contribution is -2.57. The van der Waals surface area contributed by atoms with Gasteiger partial charge in [-0.3, -0.25) is 4.90 Å². The standard InChI is InChI=1S/C11H20N2/c12-7-10-8-3-5-13(6-4-8)11(10)9-1-2-9/h8-11H,1-7,12H2. The SMILES string of the molecule is NCC1C2CCN(CC2)C1C1CC1. The Labute approximate surface area is 80.5 Å². The Balaban J connectivity index is 1.81. The lowest BCUT2D eigenvalue weighted by atomic mass is 9.72. The van der Waals surface area contributed by atoms with Crippen molar-refractivity contribution < 1.29 is 0 Å². The Kier molecular flexibility index (Phi) is 1.88. The first-order chi connectivity index (χ1) is 6.40. The van der Waals surface area contributed by atoms with Gasteiger partial charge in [0, 0.05) is 6.04 Å². The number of piperidine rings is 3. The fraction of sp³-hybridized carbons (Fsp3) is 1.00. The van der Waals surface area contributed by atoms with Crippen LogP contribution < -0.4 is 5.73 Å². The van der Waals surface area contributed by atoms with Crippen molar-refractivity contribution in [1.82, 2.24) is 4.90 Å². The van der Waals surface area contributed by atoms with Crippen LogP contribution in [-0.4, -0.2) is 30.6 Å². The zero-order valence-electron chi connectivity index (χ0n) is 8.28. The molecule has 3 aliphatic heterocycles. The molecule has 13 heavy (non-hydrogen) atoms. The third kappa shape index (κ3) is 1.23. The van der Waals surface area contributed by atoms with Gasteiger partial charge in [-0.05, 0) is 63.1 Å². The Hall–Kier alpha value is -0.0800. The first-order valence-electron chi connectivity index (χ1n) is 5.84. The molecule has 1 saturated carbocycles. The van der Waals surface area contributed by atoms with Gasteiger partial charge in [-0.1, -0.05) is 0 Å². The van der Waals surface area contributed by atoms with Crippen LogP contribution in [0.5, 0.6) is 0 Å². The van der Waals surface area contributed by atoms with Gasteiger partial charge in [0.1, 0.15) is 0 Å². The first-order valence-corrected chi connectivity index (χ1v) is 5.84. The van der Waals surface area contributed by atoms with Gasteiger partial charge < -0.3 is 5.73 Å². The summed E-state index contributed by atoms with van der Waals surface area (Å²) in [5.41, 5.74) is 5.92. The minimum atomic E-state index is 0.843. The van der Waals surface area contributed by atoms with E-state index >= 15 is 0 Å². The van der Waals surface area contributed by atoms with Gasteiger partial charge >= 0.3 is 0 Å².